The summed E-state index contributed by atoms with van der Waals surface area (Å²) in [6, 6.07) is 0. The molecule has 0 aromatic carbocycles. The highest BCUT2D eigenvalue weighted by Crippen LogP contribution is 2.22. The van der Waals surface area contributed by atoms with Gasteiger partial charge >= 0.3 is 12.1 Å². The van der Waals surface area contributed by atoms with E-state index in [2.05, 4.69) is 5.32 Å². The first kappa shape index (κ1) is 15.8. The third kappa shape index (κ3) is 6.45. The Balaban J connectivity index is 2.17. The van der Waals surface area contributed by atoms with Gasteiger partial charge in [-0.1, -0.05) is 33.1 Å². The lowest BCUT2D eigenvalue weighted by Crippen LogP contribution is -2.34. The molecule has 1 saturated carbocycles. The van der Waals surface area contributed by atoms with Crippen LogP contribution in [0.3, 0.4) is 0 Å². The highest BCUT2D eigenvalue weighted by atomic mass is 16.7. The molecular formula is C14H25NO4. The largest absolute Gasteiger partial charge is 0.425 e. The van der Waals surface area contributed by atoms with Gasteiger partial charge in [-0.2, -0.15) is 0 Å². The van der Waals surface area contributed by atoms with Crippen LogP contribution in [0.15, 0.2) is 0 Å². The number of carbonyl (C=O) groups is 2. The third-order valence-corrected chi connectivity index (χ3v) is 3.29. The molecule has 110 valence electrons. The number of amides is 1. The summed E-state index contributed by atoms with van der Waals surface area (Å²) in [5.74, 6) is -0.0428. The smallest absolute Gasteiger partial charge is 0.410 e. The van der Waals surface area contributed by atoms with Crippen molar-refractivity contribution in [2.45, 2.75) is 59.2 Å². The average molecular weight is 271 g/mol. The van der Waals surface area contributed by atoms with E-state index in [-0.39, 0.29) is 11.9 Å². The molecule has 1 amide bonds. The van der Waals surface area contributed by atoms with Crippen molar-refractivity contribution in [1.29, 1.82) is 0 Å². The molecule has 1 aliphatic rings. The van der Waals surface area contributed by atoms with E-state index in [9.17, 15) is 9.59 Å². The summed E-state index contributed by atoms with van der Waals surface area (Å²) in [6.07, 6.45) is 4.74. The number of esters is 1. The van der Waals surface area contributed by atoms with E-state index in [4.69, 9.17) is 9.47 Å². The predicted octanol–water partition coefficient (Wildman–Crippen LogP) is 2.84. The molecule has 0 aromatic rings. The average Bonchev–Trinajstić information content (AvgIpc) is 2.37. The van der Waals surface area contributed by atoms with Gasteiger partial charge < -0.3 is 14.8 Å². The summed E-state index contributed by atoms with van der Waals surface area (Å²) in [4.78, 5) is 22.8. The molecule has 19 heavy (non-hydrogen) atoms. The molecular weight excluding hydrogens is 246 g/mol. The Bertz CT molecular complexity index is 298. The highest BCUT2D eigenvalue weighted by Gasteiger charge is 2.18. The molecule has 0 saturated heterocycles. The number of ether oxygens (including phenoxy) is 2. The summed E-state index contributed by atoms with van der Waals surface area (Å²) >= 11 is 0. The maximum atomic E-state index is 11.5. The summed E-state index contributed by atoms with van der Waals surface area (Å²) in [5.41, 5.74) is 0. The number of hydrogen-bond donors (Lipinski definition) is 1. The van der Waals surface area contributed by atoms with Crippen LogP contribution >= 0.6 is 0 Å². The molecule has 5 heteroatoms. The monoisotopic (exact) mass is 271 g/mol. The van der Waals surface area contributed by atoms with Crippen molar-refractivity contribution in [2.24, 2.45) is 11.8 Å². The molecule has 1 fully saturated rings. The normalized spacial score (nSPS) is 17.9. The number of nitrogens with one attached hydrogen (secondary N) is 1. The second-order valence-electron chi connectivity index (χ2n) is 5.45. The fraction of sp³-hybridized carbons (Fsp3) is 0.857. The summed E-state index contributed by atoms with van der Waals surface area (Å²) < 4.78 is 9.92. The first-order valence-corrected chi connectivity index (χ1v) is 7.14. The van der Waals surface area contributed by atoms with Crippen molar-refractivity contribution in [3.05, 3.63) is 0 Å². The van der Waals surface area contributed by atoms with Crippen molar-refractivity contribution in [1.82, 2.24) is 5.32 Å². The van der Waals surface area contributed by atoms with Crippen LogP contribution in [0.5, 0.6) is 0 Å². The van der Waals surface area contributed by atoms with Crippen LogP contribution in [0.4, 0.5) is 4.79 Å². The number of hydrogen-bond acceptors (Lipinski definition) is 4. The first-order chi connectivity index (χ1) is 8.99. The summed E-state index contributed by atoms with van der Waals surface area (Å²) in [5, 5.41) is 2.73. The molecule has 1 aliphatic carbocycles. The minimum absolute atomic E-state index is 0.226. The molecule has 0 bridgehead atoms. The van der Waals surface area contributed by atoms with Crippen LogP contribution in [0.25, 0.3) is 0 Å². The summed E-state index contributed by atoms with van der Waals surface area (Å²) in [6.45, 7) is 5.65. The zero-order valence-corrected chi connectivity index (χ0v) is 12.1. The molecule has 1 N–H and O–H groups in total. The van der Waals surface area contributed by atoms with E-state index < -0.39 is 12.4 Å². The third-order valence-electron chi connectivity index (χ3n) is 3.29. The molecule has 1 unspecified atom stereocenters. The quantitative estimate of drug-likeness (QED) is 0.617. The lowest BCUT2D eigenvalue weighted by molar-refractivity contribution is -0.168. The van der Waals surface area contributed by atoms with Gasteiger partial charge in [-0.15, -0.1) is 0 Å². The SMILES string of the molecule is CC(OC(=O)NCC1CCCCC1)OC(=O)C(C)C. The van der Waals surface area contributed by atoms with Crippen LogP contribution in [-0.4, -0.2) is 24.9 Å². The van der Waals surface area contributed by atoms with E-state index in [1.807, 2.05) is 0 Å². The molecule has 5 nitrogen and oxygen atoms in total. The Morgan fingerprint density at radius 2 is 1.74 bits per heavy atom. The Kier molecular flexibility index (Phi) is 6.67. The number of carbonyl (C=O) groups excluding carboxylic acids is 2. The zero-order chi connectivity index (χ0) is 14.3. The van der Waals surface area contributed by atoms with Crippen molar-refractivity contribution >= 4 is 12.1 Å². The van der Waals surface area contributed by atoms with Gasteiger partial charge in [0.2, 0.25) is 6.29 Å². The summed E-state index contributed by atoms with van der Waals surface area (Å²) in [7, 11) is 0. The van der Waals surface area contributed by atoms with E-state index >= 15 is 0 Å². The molecule has 1 rings (SSSR count). The van der Waals surface area contributed by atoms with Gasteiger partial charge in [-0.05, 0) is 18.8 Å². The van der Waals surface area contributed by atoms with E-state index in [0.717, 1.165) is 12.8 Å². The fourth-order valence-corrected chi connectivity index (χ4v) is 2.14. The lowest BCUT2D eigenvalue weighted by Gasteiger charge is -2.22. The van der Waals surface area contributed by atoms with E-state index in [1.165, 1.54) is 19.3 Å². The van der Waals surface area contributed by atoms with Gasteiger partial charge in [0, 0.05) is 13.5 Å². The molecule has 1 atom stereocenters. The topological polar surface area (TPSA) is 64.6 Å². The van der Waals surface area contributed by atoms with Crippen LogP contribution in [0, 0.1) is 11.8 Å². The van der Waals surface area contributed by atoms with E-state index in [1.54, 1.807) is 20.8 Å². The second-order valence-corrected chi connectivity index (χ2v) is 5.45. The Labute approximate surface area is 115 Å². The van der Waals surface area contributed by atoms with Gasteiger partial charge in [-0.3, -0.25) is 4.79 Å². The first-order valence-electron chi connectivity index (χ1n) is 7.14. The molecule has 0 spiro atoms. The van der Waals surface area contributed by atoms with Gasteiger partial charge in [0.05, 0.1) is 5.92 Å². The molecule has 0 aromatic heterocycles. The van der Waals surface area contributed by atoms with Gasteiger partial charge in [0.1, 0.15) is 0 Å². The minimum Gasteiger partial charge on any atom is -0.425 e. The lowest BCUT2D eigenvalue weighted by atomic mass is 9.89. The fourth-order valence-electron chi connectivity index (χ4n) is 2.14. The van der Waals surface area contributed by atoms with Gasteiger partial charge in [0.15, 0.2) is 0 Å². The van der Waals surface area contributed by atoms with Crippen molar-refractivity contribution in [3.63, 3.8) is 0 Å². The number of rotatable bonds is 5. The molecule has 0 radical (unpaired) electrons. The van der Waals surface area contributed by atoms with Crippen LogP contribution in [0.2, 0.25) is 0 Å². The van der Waals surface area contributed by atoms with Crippen molar-refractivity contribution in [3.8, 4) is 0 Å². The van der Waals surface area contributed by atoms with Crippen molar-refractivity contribution in [2.75, 3.05) is 6.54 Å². The minimum atomic E-state index is -0.846. The van der Waals surface area contributed by atoms with Crippen LogP contribution < -0.4 is 5.32 Å². The van der Waals surface area contributed by atoms with Crippen LogP contribution in [-0.2, 0) is 14.3 Å². The predicted molar refractivity (Wildman–Crippen MR) is 71.5 cm³/mol. The van der Waals surface area contributed by atoms with Gasteiger partial charge in [-0.25, -0.2) is 4.79 Å². The Morgan fingerprint density at radius 3 is 2.32 bits per heavy atom. The van der Waals surface area contributed by atoms with Crippen LogP contribution in [0.1, 0.15) is 52.9 Å². The molecule has 0 heterocycles. The number of alkyl carbamates (subject to hydrolysis) is 1. The van der Waals surface area contributed by atoms with Gasteiger partial charge in [0.25, 0.3) is 0 Å². The van der Waals surface area contributed by atoms with E-state index in [0.29, 0.717) is 12.5 Å². The Hall–Kier alpha value is -1.26. The molecule has 0 aliphatic heterocycles. The maximum absolute atomic E-state index is 11.5. The second kappa shape index (κ2) is 8.02. The maximum Gasteiger partial charge on any atom is 0.410 e. The van der Waals surface area contributed by atoms with Crippen molar-refractivity contribution < 1.29 is 19.1 Å². The highest BCUT2D eigenvalue weighted by molar-refractivity contribution is 5.72. The standard InChI is InChI=1S/C14H25NO4/c1-10(2)13(16)18-11(3)19-14(17)15-9-12-7-5-4-6-8-12/h10-12H,4-9H2,1-3H3,(H,15,17). The zero-order valence-electron chi connectivity index (χ0n) is 12.1. The Morgan fingerprint density at radius 1 is 1.11 bits per heavy atom.